The molecule has 16 heavy (non-hydrogen) atoms. The maximum absolute atomic E-state index is 12.0. The molecule has 2 heterocycles. The molecule has 0 aromatic heterocycles. The van der Waals surface area contributed by atoms with Gasteiger partial charge in [-0.1, -0.05) is 0 Å². The summed E-state index contributed by atoms with van der Waals surface area (Å²) in [5.41, 5.74) is 5.70. The van der Waals surface area contributed by atoms with Crippen molar-refractivity contribution in [1.82, 2.24) is 9.80 Å². The molecule has 4 heteroatoms. The van der Waals surface area contributed by atoms with E-state index in [0.29, 0.717) is 18.4 Å². The molecule has 0 saturated carbocycles. The average Bonchev–Trinajstić information content (AvgIpc) is 2.83. The van der Waals surface area contributed by atoms with Crippen molar-refractivity contribution in [2.75, 3.05) is 39.3 Å². The molecule has 0 aromatic rings. The van der Waals surface area contributed by atoms with Crippen LogP contribution in [-0.4, -0.2) is 55.0 Å². The quantitative estimate of drug-likeness (QED) is 0.750. The molecule has 2 aliphatic heterocycles. The van der Waals surface area contributed by atoms with Gasteiger partial charge >= 0.3 is 0 Å². The molecular weight excluding hydrogens is 202 g/mol. The van der Waals surface area contributed by atoms with Crippen LogP contribution in [0.15, 0.2) is 0 Å². The van der Waals surface area contributed by atoms with Crippen LogP contribution >= 0.6 is 0 Å². The Kier molecular flexibility index (Phi) is 4.18. The highest BCUT2D eigenvalue weighted by Gasteiger charge is 2.24. The molecule has 0 radical (unpaired) electrons. The van der Waals surface area contributed by atoms with Crippen molar-refractivity contribution in [3.05, 3.63) is 0 Å². The number of likely N-dealkylation sites (tertiary alicyclic amines) is 2. The number of carbonyl (C=O) groups excluding carboxylic acids is 1. The molecule has 92 valence electrons. The van der Waals surface area contributed by atoms with Gasteiger partial charge in [0.25, 0.3) is 0 Å². The summed E-state index contributed by atoms with van der Waals surface area (Å²) in [6.45, 7) is 5.37. The van der Waals surface area contributed by atoms with Gasteiger partial charge in [-0.25, -0.2) is 0 Å². The highest BCUT2D eigenvalue weighted by molar-refractivity contribution is 5.78. The number of rotatable bonds is 3. The van der Waals surface area contributed by atoms with Crippen molar-refractivity contribution in [1.29, 1.82) is 0 Å². The summed E-state index contributed by atoms with van der Waals surface area (Å²) in [7, 11) is 0. The fourth-order valence-corrected chi connectivity index (χ4v) is 2.75. The normalized spacial score (nSPS) is 27.3. The molecule has 0 aliphatic carbocycles. The van der Waals surface area contributed by atoms with Gasteiger partial charge in [0.1, 0.15) is 0 Å². The number of hydrogen-bond donors (Lipinski definition) is 1. The molecule has 1 unspecified atom stereocenters. The Hall–Kier alpha value is -0.610. The number of amides is 1. The lowest BCUT2D eigenvalue weighted by atomic mass is 9.98. The fourth-order valence-electron chi connectivity index (χ4n) is 2.75. The van der Waals surface area contributed by atoms with E-state index in [-0.39, 0.29) is 0 Å². The van der Waals surface area contributed by atoms with Crippen molar-refractivity contribution in [2.45, 2.75) is 25.7 Å². The van der Waals surface area contributed by atoms with Crippen molar-refractivity contribution in [3.63, 3.8) is 0 Å². The molecule has 0 aromatic carbocycles. The number of carbonyl (C=O) groups is 1. The zero-order valence-corrected chi connectivity index (χ0v) is 10.0. The van der Waals surface area contributed by atoms with Crippen LogP contribution in [0.1, 0.15) is 25.7 Å². The molecular formula is C12H23N3O. The van der Waals surface area contributed by atoms with Crippen LogP contribution in [0.2, 0.25) is 0 Å². The van der Waals surface area contributed by atoms with Crippen LogP contribution in [0.25, 0.3) is 0 Å². The molecule has 0 bridgehead atoms. The third-order valence-electron chi connectivity index (χ3n) is 3.75. The summed E-state index contributed by atoms with van der Waals surface area (Å²) in [6, 6.07) is 0. The smallest absolute Gasteiger partial charge is 0.236 e. The third kappa shape index (κ3) is 2.95. The van der Waals surface area contributed by atoms with Gasteiger partial charge in [0.2, 0.25) is 5.91 Å². The Labute approximate surface area is 97.8 Å². The van der Waals surface area contributed by atoms with Gasteiger partial charge in [-0.15, -0.1) is 0 Å². The monoisotopic (exact) mass is 225 g/mol. The SMILES string of the molecule is NCC1CCCN(CC(=O)N2CCCC2)C1. The first-order chi connectivity index (χ1) is 7.79. The summed E-state index contributed by atoms with van der Waals surface area (Å²) in [6.07, 6.45) is 4.77. The molecule has 4 nitrogen and oxygen atoms in total. The van der Waals surface area contributed by atoms with Crippen molar-refractivity contribution in [2.24, 2.45) is 11.7 Å². The Balaban J connectivity index is 1.77. The maximum atomic E-state index is 12.0. The lowest BCUT2D eigenvalue weighted by molar-refractivity contribution is -0.131. The van der Waals surface area contributed by atoms with E-state index >= 15 is 0 Å². The molecule has 2 aliphatic rings. The van der Waals surface area contributed by atoms with E-state index < -0.39 is 0 Å². The highest BCUT2D eigenvalue weighted by atomic mass is 16.2. The second-order valence-electron chi connectivity index (χ2n) is 5.07. The van der Waals surface area contributed by atoms with Gasteiger partial charge in [0.15, 0.2) is 0 Å². The van der Waals surface area contributed by atoms with Gasteiger partial charge in [-0.2, -0.15) is 0 Å². The first-order valence-corrected chi connectivity index (χ1v) is 6.50. The van der Waals surface area contributed by atoms with Crippen LogP contribution in [0.5, 0.6) is 0 Å². The standard InChI is InChI=1S/C12H23N3O/c13-8-11-4-3-5-14(9-11)10-12(16)15-6-1-2-7-15/h11H,1-10,13H2. The van der Waals surface area contributed by atoms with Crippen LogP contribution < -0.4 is 5.73 Å². The molecule has 2 fully saturated rings. The van der Waals surface area contributed by atoms with E-state index in [2.05, 4.69) is 4.90 Å². The van der Waals surface area contributed by atoms with Crippen LogP contribution in [0, 0.1) is 5.92 Å². The average molecular weight is 225 g/mol. The zero-order chi connectivity index (χ0) is 11.4. The fraction of sp³-hybridized carbons (Fsp3) is 0.917. The zero-order valence-electron chi connectivity index (χ0n) is 10.0. The molecule has 1 amide bonds. The molecule has 1 atom stereocenters. The van der Waals surface area contributed by atoms with E-state index in [0.717, 1.165) is 32.7 Å². The van der Waals surface area contributed by atoms with Gasteiger partial charge < -0.3 is 10.6 Å². The Morgan fingerprint density at radius 1 is 1.19 bits per heavy atom. The van der Waals surface area contributed by atoms with Gasteiger partial charge in [0, 0.05) is 19.6 Å². The predicted molar refractivity (Wildman–Crippen MR) is 64.0 cm³/mol. The van der Waals surface area contributed by atoms with Crippen LogP contribution in [0.3, 0.4) is 0 Å². The summed E-state index contributed by atoms with van der Waals surface area (Å²) in [4.78, 5) is 16.2. The van der Waals surface area contributed by atoms with Crippen molar-refractivity contribution in [3.8, 4) is 0 Å². The van der Waals surface area contributed by atoms with E-state index in [4.69, 9.17) is 5.73 Å². The van der Waals surface area contributed by atoms with Gasteiger partial charge in [-0.3, -0.25) is 9.69 Å². The van der Waals surface area contributed by atoms with Crippen molar-refractivity contribution < 1.29 is 4.79 Å². The van der Waals surface area contributed by atoms with E-state index in [1.54, 1.807) is 0 Å². The Morgan fingerprint density at radius 2 is 1.94 bits per heavy atom. The highest BCUT2D eigenvalue weighted by Crippen LogP contribution is 2.16. The summed E-state index contributed by atoms with van der Waals surface area (Å²) in [5, 5.41) is 0. The first kappa shape index (κ1) is 11.9. The Bertz CT molecular complexity index is 238. The van der Waals surface area contributed by atoms with E-state index in [9.17, 15) is 4.79 Å². The summed E-state index contributed by atoms with van der Waals surface area (Å²) in [5.74, 6) is 0.912. The third-order valence-corrected chi connectivity index (χ3v) is 3.75. The predicted octanol–water partition coefficient (Wildman–Crippen LogP) is 0.280. The van der Waals surface area contributed by atoms with Gasteiger partial charge in [0.05, 0.1) is 6.54 Å². The van der Waals surface area contributed by atoms with Gasteiger partial charge in [-0.05, 0) is 44.7 Å². The second-order valence-corrected chi connectivity index (χ2v) is 5.07. The maximum Gasteiger partial charge on any atom is 0.236 e. The van der Waals surface area contributed by atoms with Crippen molar-refractivity contribution >= 4 is 5.91 Å². The largest absolute Gasteiger partial charge is 0.342 e. The number of hydrogen-bond acceptors (Lipinski definition) is 3. The lowest BCUT2D eigenvalue weighted by Crippen LogP contribution is -2.44. The Morgan fingerprint density at radius 3 is 2.62 bits per heavy atom. The molecule has 2 N–H and O–H groups in total. The van der Waals surface area contributed by atoms with Crippen LogP contribution in [0.4, 0.5) is 0 Å². The number of nitrogens with zero attached hydrogens (tertiary/aromatic N) is 2. The van der Waals surface area contributed by atoms with E-state index in [1.165, 1.54) is 25.7 Å². The first-order valence-electron chi connectivity index (χ1n) is 6.50. The number of nitrogens with two attached hydrogens (primary N) is 1. The minimum Gasteiger partial charge on any atom is -0.342 e. The second kappa shape index (κ2) is 5.64. The minimum atomic E-state index is 0.315. The molecule has 0 spiro atoms. The summed E-state index contributed by atoms with van der Waals surface area (Å²) < 4.78 is 0. The molecule has 2 rings (SSSR count). The minimum absolute atomic E-state index is 0.315. The van der Waals surface area contributed by atoms with E-state index in [1.807, 2.05) is 4.90 Å². The number of piperidine rings is 1. The molecule has 2 saturated heterocycles. The van der Waals surface area contributed by atoms with Crippen LogP contribution in [-0.2, 0) is 4.79 Å². The summed E-state index contributed by atoms with van der Waals surface area (Å²) >= 11 is 0. The lowest BCUT2D eigenvalue weighted by Gasteiger charge is -2.32. The topological polar surface area (TPSA) is 49.6 Å².